The van der Waals surface area contributed by atoms with E-state index in [9.17, 15) is 43.5 Å². The second-order valence-electron chi connectivity index (χ2n) is 29.0. The molecule has 111 heavy (non-hydrogen) atoms. The maximum Gasteiger partial charge on any atom is 0.472 e. The first kappa shape index (κ1) is 106. The van der Waals surface area contributed by atoms with Gasteiger partial charge in [0, 0.05) is 19.3 Å². The van der Waals surface area contributed by atoms with Crippen LogP contribution in [0.3, 0.4) is 0 Å². The summed E-state index contributed by atoms with van der Waals surface area (Å²) in [5, 5.41) is 20.7. The highest BCUT2D eigenvalue weighted by molar-refractivity contribution is 7.47. The molecule has 16 nitrogen and oxygen atoms in total. The van der Waals surface area contributed by atoms with Gasteiger partial charge < -0.3 is 34.2 Å². The van der Waals surface area contributed by atoms with E-state index in [-0.39, 0.29) is 19.3 Å². The molecule has 0 amide bonds. The number of hydrogen-bond acceptors (Lipinski definition) is 14. The van der Waals surface area contributed by atoms with E-state index in [1.165, 1.54) is 122 Å². The Balaban J connectivity index is 4.68. The Labute approximate surface area is 676 Å². The lowest BCUT2D eigenvalue weighted by atomic mass is 10.0. The van der Waals surface area contributed by atoms with Gasteiger partial charge in [-0.2, -0.15) is 0 Å². The van der Waals surface area contributed by atoms with Gasteiger partial charge in [0.2, 0.25) is 0 Å². The number of carbonyl (C=O) groups is 3. The van der Waals surface area contributed by atoms with Crippen LogP contribution in [0.1, 0.15) is 355 Å². The van der Waals surface area contributed by atoms with Gasteiger partial charge >= 0.3 is 33.6 Å². The molecule has 0 saturated carbocycles. The van der Waals surface area contributed by atoms with Crippen molar-refractivity contribution in [3.8, 4) is 0 Å². The lowest BCUT2D eigenvalue weighted by molar-refractivity contribution is -0.161. The standard InChI is InChI=1S/C93H158O16P2/c1-4-7-10-13-16-19-22-25-28-31-34-37-40-42-43-45-48-49-52-55-58-61-64-67-70-73-76-79-91(96)103-82-88(94)83-105-110(99,100)106-84-89(95)85-107-111(101,102)108-87-90(109-93(98)81-78-75-72-69-66-63-60-57-54-51-46-39-36-33-30-27-24-21-18-15-12-9-6-3)86-104-92(97)80-77-74-71-68-65-62-59-56-53-50-47-44-41-38-35-32-29-26-23-20-17-14-11-8-5-2/h8,11,16-21,25-30,34-39,42-44,47,51,54,88-90,94-95H,4-7,9-10,12-15,22-24,31-33,40-41,45-46,48-50,52-53,55-87H2,1-3H3,(H,99,100)(H,101,102)/b11-8-,19-16-,20-17-,21-18-,28-25-,29-26-,30-27-,37-34-,38-35-,39-36-,43-42-,47-44-,54-51-. The van der Waals surface area contributed by atoms with Gasteiger partial charge in [0.1, 0.15) is 25.4 Å². The van der Waals surface area contributed by atoms with Crippen LogP contribution in [0.25, 0.3) is 0 Å². The first-order valence-corrected chi connectivity index (χ1v) is 46.8. The lowest BCUT2D eigenvalue weighted by Crippen LogP contribution is -2.30. The minimum absolute atomic E-state index is 0.0862. The van der Waals surface area contributed by atoms with Crippen LogP contribution in [-0.4, -0.2) is 95.9 Å². The zero-order valence-electron chi connectivity index (χ0n) is 69.8. The van der Waals surface area contributed by atoms with E-state index in [1.807, 2.05) is 0 Å². The van der Waals surface area contributed by atoms with Gasteiger partial charge in [-0.3, -0.25) is 32.5 Å². The number of carbonyl (C=O) groups excluding carboxylic acids is 3. The maximum absolute atomic E-state index is 13.1. The number of aliphatic hydroxyl groups excluding tert-OH is 2. The quantitative estimate of drug-likeness (QED) is 0.0146. The molecule has 0 bridgehead atoms. The molecule has 0 heterocycles. The second-order valence-corrected chi connectivity index (χ2v) is 31.9. The van der Waals surface area contributed by atoms with Crippen LogP contribution < -0.4 is 0 Å². The number of phosphoric acid groups is 2. The number of allylic oxidation sites excluding steroid dienone is 26. The molecule has 0 saturated heterocycles. The third-order valence-electron chi connectivity index (χ3n) is 18.2. The summed E-state index contributed by atoms with van der Waals surface area (Å²) in [5.74, 6) is -1.59. The van der Waals surface area contributed by atoms with E-state index in [1.54, 1.807) is 0 Å². The van der Waals surface area contributed by atoms with Crippen molar-refractivity contribution in [2.24, 2.45) is 0 Å². The van der Waals surface area contributed by atoms with Crippen molar-refractivity contribution in [3.63, 3.8) is 0 Å². The van der Waals surface area contributed by atoms with Crippen molar-refractivity contribution in [1.29, 1.82) is 0 Å². The fourth-order valence-electron chi connectivity index (χ4n) is 11.6. The molecule has 18 heteroatoms. The van der Waals surface area contributed by atoms with Gasteiger partial charge in [0.05, 0.1) is 26.4 Å². The zero-order valence-corrected chi connectivity index (χ0v) is 71.6. The number of phosphoric ester groups is 2. The predicted molar refractivity (Wildman–Crippen MR) is 463 cm³/mol. The highest BCUT2D eigenvalue weighted by Crippen LogP contribution is 2.45. The molecule has 0 aromatic heterocycles. The summed E-state index contributed by atoms with van der Waals surface area (Å²) >= 11 is 0. The Morgan fingerprint density at radius 3 is 0.757 bits per heavy atom. The predicted octanol–water partition coefficient (Wildman–Crippen LogP) is 26.5. The average molecular weight is 1590 g/mol. The smallest absolute Gasteiger partial charge is 0.463 e. The molecule has 5 atom stereocenters. The number of hydrogen-bond donors (Lipinski definition) is 4. The Hall–Kier alpha value is -4.83. The molecule has 4 N–H and O–H groups in total. The number of unbranched alkanes of at least 4 members (excludes halogenated alkanes) is 33. The lowest BCUT2D eigenvalue weighted by Gasteiger charge is -2.21. The number of ether oxygens (including phenoxy) is 3. The fraction of sp³-hybridized carbons (Fsp3) is 0.688. The highest BCUT2D eigenvalue weighted by Gasteiger charge is 2.29. The molecule has 636 valence electrons. The van der Waals surface area contributed by atoms with Gasteiger partial charge in [-0.25, -0.2) is 9.13 Å². The molecule has 0 aromatic rings. The molecule has 0 fully saturated rings. The molecule has 0 aliphatic rings. The summed E-state index contributed by atoms with van der Waals surface area (Å²) in [6, 6.07) is 0. The summed E-state index contributed by atoms with van der Waals surface area (Å²) in [6.45, 7) is 2.52. The second kappa shape index (κ2) is 84.6. The van der Waals surface area contributed by atoms with E-state index < -0.39 is 91.5 Å². The van der Waals surface area contributed by atoms with Crippen LogP contribution in [0.2, 0.25) is 0 Å². The molecule has 0 aromatic carbocycles. The van der Waals surface area contributed by atoms with Crippen LogP contribution in [-0.2, 0) is 55.8 Å². The van der Waals surface area contributed by atoms with E-state index in [4.69, 9.17) is 32.3 Å². The summed E-state index contributed by atoms with van der Waals surface area (Å²) in [5.41, 5.74) is 0. The first-order chi connectivity index (χ1) is 54.2. The van der Waals surface area contributed by atoms with E-state index in [0.29, 0.717) is 19.3 Å². The minimum Gasteiger partial charge on any atom is -0.463 e. The van der Waals surface area contributed by atoms with Crippen LogP contribution in [0.15, 0.2) is 158 Å². The molecule has 0 rings (SSSR count). The topological polar surface area (TPSA) is 231 Å². The third kappa shape index (κ3) is 85.9. The molecule has 0 aliphatic carbocycles. The summed E-state index contributed by atoms with van der Waals surface area (Å²) in [6.07, 6.45) is 107. The normalized spacial score (nSPS) is 14.6. The van der Waals surface area contributed by atoms with Gasteiger partial charge in [0.25, 0.3) is 0 Å². The molecule has 0 spiro atoms. The summed E-state index contributed by atoms with van der Waals surface area (Å²) in [7, 11) is -9.82. The van der Waals surface area contributed by atoms with Crippen molar-refractivity contribution >= 4 is 33.6 Å². The zero-order chi connectivity index (χ0) is 80.8. The molecule has 0 radical (unpaired) electrons. The van der Waals surface area contributed by atoms with Crippen LogP contribution in [0.4, 0.5) is 0 Å². The Bertz CT molecular complexity index is 2650. The van der Waals surface area contributed by atoms with Crippen LogP contribution in [0.5, 0.6) is 0 Å². The number of rotatable bonds is 82. The van der Waals surface area contributed by atoms with Crippen molar-refractivity contribution in [2.45, 2.75) is 373 Å². The Morgan fingerprint density at radius 1 is 0.261 bits per heavy atom. The van der Waals surface area contributed by atoms with Crippen LogP contribution in [0, 0.1) is 0 Å². The van der Waals surface area contributed by atoms with Gasteiger partial charge in [-0.1, -0.05) is 339 Å². The number of aliphatic hydroxyl groups is 2. The van der Waals surface area contributed by atoms with Crippen molar-refractivity contribution in [3.05, 3.63) is 158 Å². The first-order valence-electron chi connectivity index (χ1n) is 43.8. The molecular formula is C93H158O16P2. The SMILES string of the molecule is CC/C=C\C/C=C\C/C=C\C/C=C\C/C=C\CCCCCCCCCCCC(=O)OCC(COP(=O)(O)OCC(O)COP(=O)(O)OCC(O)COC(=O)CCCCCCCCCCCCC/C=C\C/C=C\C/C=C\C/C=C\CCCCC)OC(=O)CCCCCCCCC/C=C\C/C=C\C/C=C\C/C=C\CCCCC. The molecule has 0 aliphatic heterocycles. The summed E-state index contributed by atoms with van der Waals surface area (Å²) in [4.78, 5) is 58.9. The minimum atomic E-state index is -4.95. The van der Waals surface area contributed by atoms with Gasteiger partial charge in [0.15, 0.2) is 6.10 Å². The van der Waals surface area contributed by atoms with Crippen molar-refractivity contribution in [1.82, 2.24) is 0 Å². The maximum atomic E-state index is 13.1. The van der Waals surface area contributed by atoms with E-state index in [2.05, 4.69) is 179 Å². The van der Waals surface area contributed by atoms with Crippen molar-refractivity contribution in [2.75, 3.05) is 39.6 Å². The van der Waals surface area contributed by atoms with Crippen molar-refractivity contribution < 1.29 is 75.8 Å². The van der Waals surface area contributed by atoms with E-state index >= 15 is 0 Å². The highest BCUT2D eigenvalue weighted by atomic mass is 31.2. The summed E-state index contributed by atoms with van der Waals surface area (Å²) < 4.78 is 61.4. The number of esters is 3. The largest absolute Gasteiger partial charge is 0.472 e. The third-order valence-corrected chi connectivity index (χ3v) is 20.1. The van der Waals surface area contributed by atoms with Gasteiger partial charge in [-0.05, 0) is 154 Å². The average Bonchev–Trinajstić information content (AvgIpc) is 0.898. The van der Waals surface area contributed by atoms with E-state index in [0.717, 1.165) is 173 Å². The van der Waals surface area contributed by atoms with Gasteiger partial charge in [-0.15, -0.1) is 0 Å². The monoisotopic (exact) mass is 1590 g/mol. The molecular weight excluding hydrogens is 1430 g/mol. The Kier molecular flexibility index (Phi) is 80.9. The molecule has 5 unspecified atom stereocenters. The fourth-order valence-corrected chi connectivity index (χ4v) is 13.2. The van der Waals surface area contributed by atoms with Crippen LogP contribution >= 0.6 is 15.6 Å². The Morgan fingerprint density at radius 2 is 0.477 bits per heavy atom.